The van der Waals surface area contributed by atoms with Gasteiger partial charge in [0.2, 0.25) is 0 Å². The van der Waals surface area contributed by atoms with Crippen LogP contribution in [0.25, 0.3) is 0 Å². The number of ether oxygens (including phenoxy) is 1. The number of nitrogens with two attached hydrogens (primary N) is 1. The highest BCUT2D eigenvalue weighted by molar-refractivity contribution is 5.67. The number of amides is 1. The Morgan fingerprint density at radius 2 is 2.11 bits per heavy atom. The van der Waals surface area contributed by atoms with Crippen LogP contribution in [-0.4, -0.2) is 29.4 Å². The number of aliphatic hydroxyl groups excluding tert-OH is 1. The third-order valence-corrected chi connectivity index (χ3v) is 3.37. The summed E-state index contributed by atoms with van der Waals surface area (Å²) in [6.07, 6.45) is 0.920. The van der Waals surface area contributed by atoms with E-state index in [1.807, 2.05) is 30.3 Å². The molecular weight excluding hydrogens is 244 g/mol. The van der Waals surface area contributed by atoms with Crippen molar-refractivity contribution in [2.45, 2.75) is 44.1 Å². The molecule has 3 atom stereocenters. The average Bonchev–Trinajstić information content (AvgIpc) is 2.41. The van der Waals surface area contributed by atoms with Gasteiger partial charge in [-0.25, -0.2) is 4.79 Å². The first-order valence-electron chi connectivity index (χ1n) is 6.56. The van der Waals surface area contributed by atoms with Crippen molar-refractivity contribution in [3.63, 3.8) is 0 Å². The molecule has 5 heteroatoms. The summed E-state index contributed by atoms with van der Waals surface area (Å²) in [5.74, 6) is 0. The SMILES string of the molecule is N[C@H]1CC[C@H](NC(=O)OCc2ccccc2)[C@H](O)C1. The minimum atomic E-state index is -0.590. The van der Waals surface area contributed by atoms with Gasteiger partial charge in [-0.2, -0.15) is 0 Å². The number of rotatable bonds is 3. The minimum Gasteiger partial charge on any atom is -0.445 e. The fourth-order valence-corrected chi connectivity index (χ4v) is 2.26. The van der Waals surface area contributed by atoms with Gasteiger partial charge >= 0.3 is 6.09 Å². The number of nitrogens with one attached hydrogen (secondary N) is 1. The van der Waals surface area contributed by atoms with E-state index >= 15 is 0 Å². The summed E-state index contributed by atoms with van der Waals surface area (Å²) < 4.78 is 5.11. The molecule has 0 bridgehead atoms. The second-order valence-electron chi connectivity index (χ2n) is 4.95. The van der Waals surface area contributed by atoms with E-state index < -0.39 is 12.2 Å². The second-order valence-corrected chi connectivity index (χ2v) is 4.95. The summed E-state index contributed by atoms with van der Waals surface area (Å²) in [7, 11) is 0. The first-order chi connectivity index (χ1) is 9.15. The van der Waals surface area contributed by atoms with Crippen LogP contribution in [0.4, 0.5) is 4.79 Å². The zero-order valence-electron chi connectivity index (χ0n) is 10.8. The fraction of sp³-hybridized carbons (Fsp3) is 0.500. The lowest BCUT2D eigenvalue weighted by molar-refractivity contribution is 0.0718. The summed E-state index contributed by atoms with van der Waals surface area (Å²) in [5, 5.41) is 12.5. The molecule has 1 aromatic carbocycles. The van der Waals surface area contributed by atoms with Gasteiger partial charge in [0.1, 0.15) is 6.61 Å². The summed E-state index contributed by atoms with van der Waals surface area (Å²) in [5.41, 5.74) is 6.68. The van der Waals surface area contributed by atoms with Crippen molar-refractivity contribution >= 4 is 6.09 Å². The summed E-state index contributed by atoms with van der Waals surface area (Å²) in [4.78, 5) is 11.6. The van der Waals surface area contributed by atoms with Gasteiger partial charge < -0.3 is 20.9 Å². The Labute approximate surface area is 112 Å². The minimum absolute atomic E-state index is 0.0217. The Bertz CT molecular complexity index is 410. The Balaban J connectivity index is 1.75. The Morgan fingerprint density at radius 1 is 1.37 bits per heavy atom. The highest BCUT2D eigenvalue weighted by atomic mass is 16.5. The van der Waals surface area contributed by atoms with Crippen LogP contribution < -0.4 is 11.1 Å². The lowest BCUT2D eigenvalue weighted by atomic mass is 9.89. The fourth-order valence-electron chi connectivity index (χ4n) is 2.26. The number of hydrogen-bond acceptors (Lipinski definition) is 4. The van der Waals surface area contributed by atoms with Crippen LogP contribution in [0.15, 0.2) is 30.3 Å². The highest BCUT2D eigenvalue weighted by Gasteiger charge is 2.28. The zero-order valence-corrected chi connectivity index (χ0v) is 10.8. The van der Waals surface area contributed by atoms with E-state index in [0.29, 0.717) is 12.8 Å². The van der Waals surface area contributed by atoms with Crippen molar-refractivity contribution in [2.75, 3.05) is 0 Å². The van der Waals surface area contributed by atoms with Crippen LogP contribution in [0.2, 0.25) is 0 Å². The smallest absolute Gasteiger partial charge is 0.407 e. The van der Waals surface area contributed by atoms with Crippen LogP contribution in [-0.2, 0) is 11.3 Å². The molecule has 1 aliphatic carbocycles. The first-order valence-corrected chi connectivity index (χ1v) is 6.56. The number of hydrogen-bond donors (Lipinski definition) is 3. The molecule has 104 valence electrons. The highest BCUT2D eigenvalue weighted by Crippen LogP contribution is 2.18. The molecule has 4 N–H and O–H groups in total. The quantitative estimate of drug-likeness (QED) is 0.764. The summed E-state index contributed by atoms with van der Waals surface area (Å²) in [6.45, 7) is 0.231. The number of benzene rings is 1. The maximum Gasteiger partial charge on any atom is 0.407 e. The van der Waals surface area contributed by atoms with E-state index in [9.17, 15) is 9.90 Å². The number of alkyl carbamates (subject to hydrolysis) is 1. The molecular formula is C14H20N2O3. The van der Waals surface area contributed by atoms with Gasteiger partial charge in [0.05, 0.1) is 12.1 Å². The van der Waals surface area contributed by atoms with Crippen LogP contribution in [0.5, 0.6) is 0 Å². The predicted molar refractivity (Wildman–Crippen MR) is 71.4 cm³/mol. The lowest BCUT2D eigenvalue weighted by Gasteiger charge is -2.31. The van der Waals surface area contributed by atoms with Crippen LogP contribution in [0.1, 0.15) is 24.8 Å². The van der Waals surface area contributed by atoms with E-state index in [4.69, 9.17) is 10.5 Å². The van der Waals surface area contributed by atoms with E-state index in [1.165, 1.54) is 0 Å². The lowest BCUT2D eigenvalue weighted by Crippen LogP contribution is -2.49. The zero-order chi connectivity index (χ0) is 13.7. The molecule has 0 unspecified atom stereocenters. The van der Waals surface area contributed by atoms with E-state index in [0.717, 1.165) is 12.0 Å². The molecule has 19 heavy (non-hydrogen) atoms. The molecule has 1 amide bonds. The van der Waals surface area contributed by atoms with Gasteiger partial charge in [-0.05, 0) is 24.8 Å². The van der Waals surface area contributed by atoms with Gasteiger partial charge in [0.25, 0.3) is 0 Å². The van der Waals surface area contributed by atoms with Crippen molar-refractivity contribution in [1.82, 2.24) is 5.32 Å². The van der Waals surface area contributed by atoms with Gasteiger partial charge in [-0.15, -0.1) is 0 Å². The van der Waals surface area contributed by atoms with Gasteiger partial charge in [0.15, 0.2) is 0 Å². The maximum absolute atomic E-state index is 11.6. The van der Waals surface area contributed by atoms with Crippen LogP contribution in [0, 0.1) is 0 Å². The molecule has 0 spiro atoms. The number of carbonyl (C=O) groups excluding carboxylic acids is 1. The van der Waals surface area contributed by atoms with Crippen molar-refractivity contribution in [1.29, 1.82) is 0 Å². The van der Waals surface area contributed by atoms with Crippen molar-refractivity contribution in [2.24, 2.45) is 5.73 Å². The van der Waals surface area contributed by atoms with E-state index in [-0.39, 0.29) is 18.7 Å². The third kappa shape index (κ3) is 4.22. The molecule has 0 aliphatic heterocycles. The standard InChI is InChI=1S/C14H20N2O3/c15-11-6-7-12(13(17)8-11)16-14(18)19-9-10-4-2-1-3-5-10/h1-5,11-13,17H,6-9,15H2,(H,16,18)/t11-,12-,13+/m0/s1. The normalized spacial score (nSPS) is 26.7. The maximum atomic E-state index is 11.6. The monoisotopic (exact) mass is 264 g/mol. The summed E-state index contributed by atoms with van der Waals surface area (Å²) in [6, 6.07) is 9.23. The molecule has 5 nitrogen and oxygen atoms in total. The van der Waals surface area contributed by atoms with Crippen molar-refractivity contribution < 1.29 is 14.6 Å². The van der Waals surface area contributed by atoms with Gasteiger partial charge in [0, 0.05) is 6.04 Å². The summed E-state index contributed by atoms with van der Waals surface area (Å²) >= 11 is 0. The Kier molecular flexibility index (Phi) is 4.76. The van der Waals surface area contributed by atoms with Crippen molar-refractivity contribution in [3.8, 4) is 0 Å². The van der Waals surface area contributed by atoms with Crippen LogP contribution >= 0.6 is 0 Å². The topological polar surface area (TPSA) is 84.6 Å². The first kappa shape index (κ1) is 13.8. The van der Waals surface area contributed by atoms with Crippen LogP contribution in [0.3, 0.4) is 0 Å². The molecule has 1 saturated carbocycles. The molecule has 1 fully saturated rings. The Morgan fingerprint density at radius 3 is 2.79 bits per heavy atom. The number of aliphatic hydroxyl groups is 1. The number of carbonyl (C=O) groups is 1. The van der Waals surface area contributed by atoms with E-state index in [2.05, 4.69) is 5.32 Å². The molecule has 2 rings (SSSR count). The molecule has 0 radical (unpaired) electrons. The average molecular weight is 264 g/mol. The van der Waals surface area contributed by atoms with Gasteiger partial charge in [-0.3, -0.25) is 0 Å². The molecule has 0 saturated heterocycles. The Hall–Kier alpha value is -1.59. The van der Waals surface area contributed by atoms with E-state index in [1.54, 1.807) is 0 Å². The van der Waals surface area contributed by atoms with Gasteiger partial charge in [-0.1, -0.05) is 30.3 Å². The third-order valence-electron chi connectivity index (χ3n) is 3.37. The largest absolute Gasteiger partial charge is 0.445 e. The van der Waals surface area contributed by atoms with Crippen molar-refractivity contribution in [3.05, 3.63) is 35.9 Å². The molecule has 0 heterocycles. The second kappa shape index (κ2) is 6.54. The molecule has 0 aromatic heterocycles. The molecule has 1 aromatic rings. The molecule has 1 aliphatic rings. The predicted octanol–water partition coefficient (Wildman–Crippen LogP) is 1.15.